The third kappa shape index (κ3) is 3.86. The first-order valence-electron chi connectivity index (χ1n) is 2.46. The molecule has 38 valence electrons. The summed E-state index contributed by atoms with van der Waals surface area (Å²) in [6.07, 6.45) is -3.41. The molecule has 0 aromatic carbocycles. The molecule has 2 heteroatoms. The van der Waals surface area contributed by atoms with Gasteiger partial charge in [-0.05, 0) is 0 Å². The average Bonchev–Trinajstić information content (AvgIpc) is 1.65. The Hall–Kier alpha value is -0.140. The highest BCUT2D eigenvalue weighted by molar-refractivity contribution is 4.32. The molecule has 0 nitrogen and oxygen atoms in total. The molecule has 0 aliphatic rings. The lowest BCUT2D eigenvalue weighted by atomic mass is 10.4. The lowest BCUT2D eigenvalue weighted by molar-refractivity contribution is 0.137. The molecule has 0 saturated carbocycles. The highest BCUT2D eigenvalue weighted by Gasteiger charge is 1.95. The fourth-order valence-electron chi connectivity index (χ4n) is 0.178. The van der Waals surface area contributed by atoms with E-state index in [1.807, 2.05) is 0 Å². The summed E-state index contributed by atoms with van der Waals surface area (Å²) in [5, 5.41) is 0. The van der Waals surface area contributed by atoms with Crippen molar-refractivity contribution in [1.29, 1.82) is 0 Å². The van der Waals surface area contributed by atoms with Crippen LogP contribution < -0.4 is 0 Å². The fourth-order valence-corrected chi connectivity index (χ4v) is 0.178. The van der Waals surface area contributed by atoms with Gasteiger partial charge < -0.3 is 0 Å². The van der Waals surface area contributed by atoms with Crippen LogP contribution in [-0.2, 0) is 0 Å². The highest BCUT2D eigenvalue weighted by atomic mass is 19.3. The molecule has 0 fully saturated rings. The van der Waals surface area contributed by atoms with Gasteiger partial charge in [0.2, 0.25) is 6.43 Å². The fraction of sp³-hybridized carbons (Fsp3) is 1.00. The molecular weight excluding hydrogens is 86.0 g/mol. The van der Waals surface area contributed by atoms with Crippen molar-refractivity contribution < 1.29 is 10.2 Å². The van der Waals surface area contributed by atoms with E-state index < -0.39 is 12.8 Å². The van der Waals surface area contributed by atoms with Gasteiger partial charge >= 0.3 is 0 Å². The van der Waals surface area contributed by atoms with Gasteiger partial charge in [-0.25, -0.2) is 8.78 Å². The number of hydrogen-bond acceptors (Lipinski definition) is 0. The molecule has 0 aliphatic heterocycles. The van der Waals surface area contributed by atoms with Gasteiger partial charge in [0.1, 0.15) is 0 Å². The number of hydrogen-bond donors (Lipinski definition) is 0. The molecule has 0 aliphatic carbocycles. The predicted molar refractivity (Wildman–Crippen MR) is 20.9 cm³/mol. The number of rotatable bonds is 2. The van der Waals surface area contributed by atoms with Crippen LogP contribution in [0.2, 0.25) is 0 Å². The van der Waals surface area contributed by atoms with Crippen LogP contribution in [0.25, 0.3) is 0 Å². The minimum Gasteiger partial charge on any atom is -0.211 e. The Morgan fingerprint density at radius 2 is 2.33 bits per heavy atom. The SMILES string of the molecule is [2H]C(CC)C(F)F. The first kappa shape index (κ1) is 4.03. The molecule has 0 aromatic rings. The van der Waals surface area contributed by atoms with E-state index in [2.05, 4.69) is 0 Å². The van der Waals surface area contributed by atoms with Gasteiger partial charge in [-0.2, -0.15) is 0 Å². The van der Waals surface area contributed by atoms with Crippen molar-refractivity contribution in [1.82, 2.24) is 0 Å². The van der Waals surface area contributed by atoms with Gasteiger partial charge in [0.15, 0.2) is 0 Å². The lowest BCUT2D eigenvalue weighted by Crippen LogP contribution is -1.85. The summed E-state index contributed by atoms with van der Waals surface area (Å²) in [5.74, 6) is 0. The van der Waals surface area contributed by atoms with Crippen LogP contribution in [0.1, 0.15) is 21.1 Å². The van der Waals surface area contributed by atoms with Gasteiger partial charge in [-0.3, -0.25) is 0 Å². The maximum absolute atomic E-state index is 11.2. The van der Waals surface area contributed by atoms with Crippen LogP contribution in [0, 0.1) is 0 Å². The van der Waals surface area contributed by atoms with E-state index in [1.54, 1.807) is 6.92 Å². The standard InChI is InChI=1S/C4H8F2/c1-2-3-4(5)6/h4H,2-3H2,1H3/i3D. The van der Waals surface area contributed by atoms with Crippen LogP contribution in [0.4, 0.5) is 8.78 Å². The Kier molecular flexibility index (Phi) is 2.06. The molecule has 0 amide bonds. The van der Waals surface area contributed by atoms with E-state index in [4.69, 9.17) is 1.37 Å². The van der Waals surface area contributed by atoms with E-state index in [-0.39, 0.29) is 6.42 Å². The molecular formula is C4H8F2. The average molecular weight is 95.1 g/mol. The largest absolute Gasteiger partial charge is 0.238 e. The first-order valence-corrected chi connectivity index (χ1v) is 1.89. The topological polar surface area (TPSA) is 0 Å². The van der Waals surface area contributed by atoms with Crippen LogP contribution in [0.15, 0.2) is 0 Å². The smallest absolute Gasteiger partial charge is 0.211 e. The van der Waals surface area contributed by atoms with Gasteiger partial charge in [0, 0.05) is 7.77 Å². The summed E-state index contributed by atoms with van der Waals surface area (Å²) in [6, 6.07) is 0. The second kappa shape index (κ2) is 3.07. The Bertz CT molecular complexity index is 47.0. The summed E-state index contributed by atoms with van der Waals surface area (Å²) in [5.41, 5.74) is 0. The van der Waals surface area contributed by atoms with Crippen LogP contribution >= 0.6 is 0 Å². The Balaban J connectivity index is 3.14. The highest BCUT2D eigenvalue weighted by Crippen LogP contribution is 1.99. The predicted octanol–water partition coefficient (Wildman–Crippen LogP) is 2.05. The summed E-state index contributed by atoms with van der Waals surface area (Å²) in [7, 11) is 0. The minimum atomic E-state index is -2.47. The van der Waals surface area contributed by atoms with Crippen LogP contribution in [0.5, 0.6) is 0 Å². The van der Waals surface area contributed by atoms with Crippen molar-refractivity contribution in [3.8, 4) is 0 Å². The molecule has 6 heavy (non-hydrogen) atoms. The lowest BCUT2D eigenvalue weighted by Gasteiger charge is -1.87. The molecule has 0 bridgehead atoms. The van der Waals surface area contributed by atoms with Gasteiger partial charge in [-0.1, -0.05) is 13.3 Å². The van der Waals surface area contributed by atoms with Gasteiger partial charge in [-0.15, -0.1) is 0 Å². The van der Waals surface area contributed by atoms with E-state index in [1.165, 1.54) is 0 Å². The maximum Gasteiger partial charge on any atom is 0.238 e. The van der Waals surface area contributed by atoms with Crippen LogP contribution in [-0.4, -0.2) is 6.43 Å². The monoisotopic (exact) mass is 95.1 g/mol. The van der Waals surface area contributed by atoms with Crippen molar-refractivity contribution in [2.75, 3.05) is 0 Å². The molecule has 0 N–H and O–H groups in total. The van der Waals surface area contributed by atoms with Gasteiger partial charge in [0.25, 0.3) is 0 Å². The van der Waals surface area contributed by atoms with E-state index in [0.717, 1.165) is 0 Å². The zero-order chi connectivity index (χ0) is 5.86. The summed E-state index contributed by atoms with van der Waals surface area (Å²) in [4.78, 5) is 0. The molecule has 1 unspecified atom stereocenters. The zero-order valence-electron chi connectivity index (χ0n) is 4.62. The minimum absolute atomic E-state index is 0.234. The molecule has 0 spiro atoms. The molecule has 1 atom stereocenters. The second-order valence-corrected chi connectivity index (χ2v) is 0.978. The molecule has 0 aromatic heterocycles. The summed E-state index contributed by atoms with van der Waals surface area (Å²) < 4.78 is 29.0. The van der Waals surface area contributed by atoms with Crippen molar-refractivity contribution >= 4 is 0 Å². The molecule has 0 radical (unpaired) electrons. The third-order valence-electron chi connectivity index (χ3n) is 0.414. The molecule has 0 heterocycles. The number of alkyl halides is 2. The Labute approximate surface area is 37.6 Å². The van der Waals surface area contributed by atoms with Crippen molar-refractivity contribution in [3.05, 3.63) is 0 Å². The zero-order valence-corrected chi connectivity index (χ0v) is 3.62. The normalized spacial score (nSPS) is 17.7. The Morgan fingerprint density at radius 1 is 1.83 bits per heavy atom. The first-order chi connectivity index (χ1) is 3.18. The van der Waals surface area contributed by atoms with Crippen molar-refractivity contribution in [3.63, 3.8) is 0 Å². The molecule has 0 rings (SSSR count). The summed E-state index contributed by atoms with van der Waals surface area (Å²) in [6.45, 7) is 1.57. The number of halogens is 2. The van der Waals surface area contributed by atoms with Gasteiger partial charge in [0.05, 0.1) is 0 Å². The van der Waals surface area contributed by atoms with Crippen LogP contribution in [0.3, 0.4) is 0 Å². The quantitative estimate of drug-likeness (QED) is 0.492. The van der Waals surface area contributed by atoms with E-state index in [0.29, 0.717) is 0 Å². The van der Waals surface area contributed by atoms with E-state index in [9.17, 15) is 8.78 Å². The van der Waals surface area contributed by atoms with Crippen molar-refractivity contribution in [2.45, 2.75) is 26.2 Å². The second-order valence-electron chi connectivity index (χ2n) is 0.978. The summed E-state index contributed by atoms with van der Waals surface area (Å²) >= 11 is 0. The van der Waals surface area contributed by atoms with E-state index >= 15 is 0 Å². The van der Waals surface area contributed by atoms with Crippen molar-refractivity contribution in [2.24, 2.45) is 0 Å². The Morgan fingerprint density at radius 3 is 2.33 bits per heavy atom. The maximum atomic E-state index is 11.2. The third-order valence-corrected chi connectivity index (χ3v) is 0.414. The molecule has 0 saturated heterocycles.